The normalized spacial score (nSPS) is 14.5. The van der Waals surface area contributed by atoms with Gasteiger partial charge in [0.2, 0.25) is 0 Å². The predicted octanol–water partition coefficient (Wildman–Crippen LogP) is 4.86. The van der Waals surface area contributed by atoms with Crippen molar-refractivity contribution in [2.75, 3.05) is 6.16 Å². The van der Waals surface area contributed by atoms with Gasteiger partial charge in [0.1, 0.15) is 0 Å². The molecule has 3 aromatic rings. The van der Waals surface area contributed by atoms with Gasteiger partial charge in [0.25, 0.3) is 0 Å². The molecule has 0 atom stereocenters. The molecule has 172 valence electrons. The van der Waals surface area contributed by atoms with E-state index in [-0.39, 0.29) is 15.9 Å². The van der Waals surface area contributed by atoms with Crippen LogP contribution in [0.1, 0.15) is 0 Å². The van der Waals surface area contributed by atoms with Crippen molar-refractivity contribution in [2.45, 2.75) is 11.7 Å². The third-order valence-electron chi connectivity index (χ3n) is 4.93. The zero-order valence-electron chi connectivity index (χ0n) is 16.2. The molecule has 0 aliphatic heterocycles. The number of alkyl halides is 6. The molecule has 0 amide bonds. The fourth-order valence-corrected chi connectivity index (χ4v) is 11.6. The van der Waals surface area contributed by atoms with Crippen LogP contribution >= 0.6 is 6.83 Å². The van der Waals surface area contributed by atoms with Crippen LogP contribution in [0.3, 0.4) is 0 Å². The molecule has 32 heavy (non-hydrogen) atoms. The first kappa shape index (κ1) is 24.2. The Morgan fingerprint density at radius 1 is 0.625 bits per heavy atom. The number of hydrogen-bond donors (Lipinski definition) is 0. The number of halogens is 6. The van der Waals surface area contributed by atoms with E-state index in [2.05, 4.69) is 0 Å². The second-order valence-corrected chi connectivity index (χ2v) is 13.2. The van der Waals surface area contributed by atoms with Crippen molar-refractivity contribution >= 4 is 32.9 Å². The van der Waals surface area contributed by atoms with Gasteiger partial charge in [-0.05, 0) is 0 Å². The van der Waals surface area contributed by atoms with Crippen LogP contribution in [0.25, 0.3) is 0 Å². The molecule has 0 spiro atoms. The van der Waals surface area contributed by atoms with Gasteiger partial charge in [-0.1, -0.05) is 0 Å². The van der Waals surface area contributed by atoms with E-state index in [0.717, 1.165) is 36.4 Å². The Hall–Kier alpha value is -2.42. The second-order valence-electron chi connectivity index (χ2n) is 6.97. The van der Waals surface area contributed by atoms with E-state index in [0.29, 0.717) is 0 Å². The van der Waals surface area contributed by atoms with Crippen LogP contribution in [-0.2, 0) is 14.1 Å². The van der Waals surface area contributed by atoms with Crippen LogP contribution in [-0.4, -0.2) is 26.3 Å². The van der Waals surface area contributed by atoms with E-state index in [4.69, 9.17) is 3.97 Å². The SMILES string of the molecule is O=S(=O)(OP(CC(F)(F)F)(c1ccccc1)(c1ccccc1)c1ccccc1)C(F)(F)F. The van der Waals surface area contributed by atoms with Gasteiger partial charge in [-0.15, -0.1) is 0 Å². The molecular weight excluding hydrogens is 477 g/mol. The molecule has 0 N–H and O–H groups in total. The Morgan fingerprint density at radius 2 is 0.938 bits per heavy atom. The average molecular weight is 494 g/mol. The zero-order chi connectivity index (χ0) is 23.7. The molecule has 0 aliphatic carbocycles. The van der Waals surface area contributed by atoms with E-state index in [9.17, 15) is 34.8 Å². The van der Waals surface area contributed by atoms with Crippen molar-refractivity contribution in [3.8, 4) is 0 Å². The third kappa shape index (κ3) is 4.14. The standard InChI is InChI=1S/C21H17F6O3PS/c22-20(23,24)16-31(17-10-4-1-5-11-17,18-12-6-2-7-13-18,19-14-8-3-9-15-19)30-32(28,29)21(25,26)27/h1-15H,16H2. The van der Waals surface area contributed by atoms with Crippen LogP contribution in [0.15, 0.2) is 91.0 Å². The van der Waals surface area contributed by atoms with Crippen LogP contribution in [0.4, 0.5) is 26.3 Å². The topological polar surface area (TPSA) is 43.4 Å². The molecule has 0 saturated carbocycles. The van der Waals surface area contributed by atoms with Gasteiger partial charge in [0.05, 0.1) is 0 Å². The monoisotopic (exact) mass is 494 g/mol. The summed E-state index contributed by atoms with van der Waals surface area (Å²) < 4.78 is 113. The summed E-state index contributed by atoms with van der Waals surface area (Å²) in [6.45, 7) is -5.82. The summed E-state index contributed by atoms with van der Waals surface area (Å²) in [4.78, 5) is 0. The van der Waals surface area contributed by atoms with Gasteiger partial charge in [0.15, 0.2) is 0 Å². The van der Waals surface area contributed by atoms with E-state index < -0.39 is 34.8 Å². The van der Waals surface area contributed by atoms with Gasteiger partial charge in [-0.2, -0.15) is 0 Å². The van der Waals surface area contributed by atoms with Crippen LogP contribution in [0.2, 0.25) is 0 Å². The van der Waals surface area contributed by atoms with Crippen molar-refractivity contribution in [3.63, 3.8) is 0 Å². The van der Waals surface area contributed by atoms with Crippen molar-refractivity contribution in [1.29, 1.82) is 0 Å². The molecule has 0 fully saturated rings. The minimum atomic E-state index is -6.47. The Kier molecular flexibility index (Phi) is 6.19. The fourth-order valence-electron chi connectivity index (χ4n) is 3.71. The molecule has 0 heterocycles. The van der Waals surface area contributed by atoms with Gasteiger partial charge in [0, 0.05) is 0 Å². The molecule has 3 nitrogen and oxygen atoms in total. The molecule has 3 rings (SSSR count). The first-order chi connectivity index (χ1) is 14.8. The quantitative estimate of drug-likeness (QED) is 0.279. The molecule has 0 unspecified atom stereocenters. The van der Waals surface area contributed by atoms with Crippen LogP contribution < -0.4 is 15.9 Å². The molecule has 0 aliphatic rings. The summed E-state index contributed by atoms with van der Waals surface area (Å²) in [6.07, 6.45) is -7.05. The molecule has 11 heteroatoms. The van der Waals surface area contributed by atoms with E-state index >= 15 is 0 Å². The molecule has 0 bridgehead atoms. The average Bonchev–Trinajstić information content (AvgIpc) is 2.73. The minimum absolute atomic E-state index is 0.305. The van der Waals surface area contributed by atoms with Crippen molar-refractivity contribution in [2.24, 2.45) is 0 Å². The predicted molar refractivity (Wildman–Crippen MR) is 112 cm³/mol. The summed E-state index contributed by atoms with van der Waals surface area (Å²) in [5.41, 5.74) is -5.94. The van der Waals surface area contributed by atoms with Gasteiger partial charge in [-0.25, -0.2) is 0 Å². The summed E-state index contributed by atoms with van der Waals surface area (Å²) in [5.74, 6) is 0. The van der Waals surface area contributed by atoms with Crippen LogP contribution in [0.5, 0.6) is 0 Å². The first-order valence-corrected chi connectivity index (χ1v) is 12.8. The van der Waals surface area contributed by atoms with E-state index in [1.165, 1.54) is 54.6 Å². The number of benzene rings is 3. The Bertz CT molecular complexity index is 1070. The zero-order valence-corrected chi connectivity index (χ0v) is 17.9. The Labute approximate surface area is 180 Å². The van der Waals surface area contributed by atoms with Crippen molar-refractivity contribution < 1.29 is 38.7 Å². The maximum atomic E-state index is 14.2. The van der Waals surface area contributed by atoms with E-state index in [1.807, 2.05) is 0 Å². The molecule has 0 saturated heterocycles. The second kappa shape index (κ2) is 8.17. The van der Waals surface area contributed by atoms with Crippen molar-refractivity contribution in [1.82, 2.24) is 0 Å². The maximum absolute atomic E-state index is 14.2. The van der Waals surface area contributed by atoms with Gasteiger partial charge >= 0.3 is 180 Å². The molecular formula is C21H17F6O3PS. The third-order valence-corrected chi connectivity index (χ3v) is 12.7. The first-order valence-electron chi connectivity index (χ1n) is 9.09. The summed E-state index contributed by atoms with van der Waals surface area (Å²) in [5, 5.41) is -0.914. The van der Waals surface area contributed by atoms with Crippen molar-refractivity contribution in [3.05, 3.63) is 91.0 Å². The molecule has 0 radical (unpaired) electrons. The molecule has 0 aromatic heterocycles. The van der Waals surface area contributed by atoms with Gasteiger partial charge in [-0.3, -0.25) is 0 Å². The van der Waals surface area contributed by atoms with E-state index in [1.54, 1.807) is 0 Å². The van der Waals surface area contributed by atoms with Crippen LogP contribution in [0, 0.1) is 0 Å². The number of hydrogen-bond acceptors (Lipinski definition) is 3. The summed E-state index contributed by atoms with van der Waals surface area (Å²) >= 11 is 0. The Balaban J connectivity index is 2.63. The summed E-state index contributed by atoms with van der Waals surface area (Å²) in [6, 6.07) is 19.3. The van der Waals surface area contributed by atoms with Gasteiger partial charge < -0.3 is 0 Å². The fraction of sp³-hybridized carbons (Fsp3) is 0.143. The Morgan fingerprint density at radius 3 is 1.19 bits per heavy atom. The summed E-state index contributed by atoms with van der Waals surface area (Å²) in [7, 11) is -6.47. The molecule has 3 aromatic carbocycles. The number of rotatable bonds is 6.